The van der Waals surface area contributed by atoms with Crippen LogP contribution in [0.5, 0.6) is 0 Å². The first-order chi connectivity index (χ1) is 9.15. The first-order valence-corrected chi connectivity index (χ1v) is 6.75. The second-order valence-electron chi connectivity index (χ2n) is 5.14. The molecule has 5 nitrogen and oxygen atoms in total. The van der Waals surface area contributed by atoms with Crippen LogP contribution in [0.25, 0.3) is 0 Å². The first kappa shape index (κ1) is 13.8. The van der Waals surface area contributed by atoms with Crippen molar-refractivity contribution in [2.45, 2.75) is 25.8 Å². The third kappa shape index (κ3) is 4.21. The van der Waals surface area contributed by atoms with Gasteiger partial charge in [-0.1, -0.05) is 6.07 Å². The molecule has 0 spiro atoms. The van der Waals surface area contributed by atoms with Gasteiger partial charge >= 0.3 is 5.97 Å². The van der Waals surface area contributed by atoms with Gasteiger partial charge in [0.05, 0.1) is 0 Å². The van der Waals surface area contributed by atoms with Crippen LogP contribution in [0.1, 0.15) is 19.3 Å². The number of aliphatic carboxylic acids is 1. The summed E-state index contributed by atoms with van der Waals surface area (Å²) in [5.74, 6) is -0.468. The lowest BCUT2D eigenvalue weighted by atomic mass is 9.95. The number of likely N-dealkylation sites (tertiary alicyclic amines) is 1. The van der Waals surface area contributed by atoms with Gasteiger partial charge in [-0.05, 0) is 31.4 Å². The monoisotopic (exact) mass is 264 g/mol. The Morgan fingerprint density at radius 3 is 2.95 bits per heavy atom. The fourth-order valence-electron chi connectivity index (χ4n) is 2.66. The van der Waals surface area contributed by atoms with Gasteiger partial charge in [-0.3, -0.25) is 9.59 Å². The van der Waals surface area contributed by atoms with Gasteiger partial charge < -0.3 is 14.6 Å². The molecule has 19 heavy (non-hydrogen) atoms. The van der Waals surface area contributed by atoms with Gasteiger partial charge in [0, 0.05) is 38.3 Å². The van der Waals surface area contributed by atoms with Gasteiger partial charge in [-0.15, -0.1) is 0 Å². The maximum Gasteiger partial charge on any atom is 0.303 e. The molecule has 1 atom stereocenters. The van der Waals surface area contributed by atoms with Crippen molar-refractivity contribution in [1.29, 1.82) is 0 Å². The molecule has 1 N–H and O–H groups in total. The number of hydrogen-bond acceptors (Lipinski definition) is 3. The van der Waals surface area contributed by atoms with Crippen molar-refractivity contribution in [3.63, 3.8) is 0 Å². The number of piperidine rings is 1. The minimum absolute atomic E-state index is 0.0154. The van der Waals surface area contributed by atoms with E-state index >= 15 is 0 Å². The summed E-state index contributed by atoms with van der Waals surface area (Å²) in [6.45, 7) is 3.30. The molecule has 0 saturated carbocycles. The van der Waals surface area contributed by atoms with Crippen molar-refractivity contribution in [2.24, 2.45) is 5.92 Å². The molecule has 1 aromatic rings. The highest BCUT2D eigenvalue weighted by Gasteiger charge is 2.21. The van der Waals surface area contributed by atoms with Crippen LogP contribution in [0, 0.1) is 5.92 Å². The highest BCUT2D eigenvalue weighted by atomic mass is 16.4. The molecule has 1 aliphatic heterocycles. The number of carbonyl (C=O) groups is 1. The quantitative estimate of drug-likeness (QED) is 0.863. The molecular formula is C14H20N2O3. The Morgan fingerprint density at radius 1 is 1.37 bits per heavy atom. The standard InChI is InChI=1S/C14H20N2O3/c17-13-5-1-2-7-16(13)9-8-15-6-3-4-12(11-15)10-14(18)19/h1-2,5,7,12H,3-4,6,8-11H2,(H,18,19). The van der Waals surface area contributed by atoms with Crippen molar-refractivity contribution in [3.05, 3.63) is 34.7 Å². The van der Waals surface area contributed by atoms with Gasteiger partial charge in [0.25, 0.3) is 5.56 Å². The summed E-state index contributed by atoms with van der Waals surface area (Å²) in [6.07, 6.45) is 4.08. The molecule has 0 aliphatic carbocycles. The average molecular weight is 264 g/mol. The van der Waals surface area contributed by atoms with E-state index in [2.05, 4.69) is 4.90 Å². The molecule has 0 bridgehead atoms. The second-order valence-corrected chi connectivity index (χ2v) is 5.14. The zero-order valence-electron chi connectivity index (χ0n) is 11.0. The first-order valence-electron chi connectivity index (χ1n) is 6.75. The summed E-state index contributed by atoms with van der Waals surface area (Å²) < 4.78 is 1.70. The van der Waals surface area contributed by atoms with Gasteiger partial charge in [-0.25, -0.2) is 0 Å². The number of nitrogens with zero attached hydrogens (tertiary/aromatic N) is 2. The van der Waals surface area contributed by atoms with Crippen LogP contribution < -0.4 is 5.56 Å². The van der Waals surface area contributed by atoms with E-state index in [-0.39, 0.29) is 17.9 Å². The Morgan fingerprint density at radius 2 is 2.21 bits per heavy atom. The van der Waals surface area contributed by atoms with E-state index in [1.165, 1.54) is 0 Å². The minimum atomic E-state index is -0.717. The van der Waals surface area contributed by atoms with Crippen molar-refractivity contribution in [1.82, 2.24) is 9.47 Å². The van der Waals surface area contributed by atoms with Crippen LogP contribution in [-0.4, -0.2) is 40.2 Å². The van der Waals surface area contributed by atoms with Crippen molar-refractivity contribution in [3.8, 4) is 0 Å². The summed E-state index contributed by atoms with van der Waals surface area (Å²) >= 11 is 0. The highest BCUT2D eigenvalue weighted by molar-refractivity contribution is 5.67. The third-order valence-corrected chi connectivity index (χ3v) is 3.62. The van der Waals surface area contributed by atoms with Crippen LogP contribution in [0.15, 0.2) is 29.2 Å². The van der Waals surface area contributed by atoms with Gasteiger partial charge in [0.2, 0.25) is 0 Å². The molecular weight excluding hydrogens is 244 g/mol. The van der Waals surface area contributed by atoms with Crippen molar-refractivity contribution < 1.29 is 9.90 Å². The molecule has 2 rings (SSSR count). The summed E-state index contributed by atoms with van der Waals surface area (Å²) in [7, 11) is 0. The summed E-state index contributed by atoms with van der Waals surface area (Å²) in [5, 5.41) is 8.83. The molecule has 104 valence electrons. The van der Waals surface area contributed by atoms with Crippen molar-refractivity contribution >= 4 is 5.97 Å². The topological polar surface area (TPSA) is 62.5 Å². The lowest BCUT2D eigenvalue weighted by molar-refractivity contribution is -0.138. The number of rotatable bonds is 5. The molecule has 5 heteroatoms. The summed E-state index contributed by atoms with van der Waals surface area (Å²) in [6, 6.07) is 5.15. The van der Waals surface area contributed by atoms with E-state index in [4.69, 9.17) is 5.11 Å². The molecule has 0 radical (unpaired) electrons. The van der Waals surface area contributed by atoms with E-state index in [0.29, 0.717) is 6.54 Å². The third-order valence-electron chi connectivity index (χ3n) is 3.62. The molecule has 1 aromatic heterocycles. The van der Waals surface area contributed by atoms with Crippen LogP contribution in [0.2, 0.25) is 0 Å². The van der Waals surface area contributed by atoms with Crippen LogP contribution in [0.3, 0.4) is 0 Å². The molecule has 2 heterocycles. The number of pyridine rings is 1. The smallest absolute Gasteiger partial charge is 0.303 e. The zero-order chi connectivity index (χ0) is 13.7. The summed E-state index contributed by atoms with van der Waals surface area (Å²) in [5.41, 5.74) is 0.0154. The van der Waals surface area contributed by atoms with Crippen LogP contribution in [-0.2, 0) is 11.3 Å². The number of carboxylic acid groups (broad SMARTS) is 1. The molecule has 1 aliphatic rings. The number of hydrogen-bond donors (Lipinski definition) is 1. The van der Waals surface area contributed by atoms with Gasteiger partial charge in [0.1, 0.15) is 0 Å². The number of carboxylic acids is 1. The Labute approximate surface area is 112 Å². The number of aromatic nitrogens is 1. The van der Waals surface area contributed by atoms with Crippen molar-refractivity contribution in [2.75, 3.05) is 19.6 Å². The Kier molecular flexibility index (Phi) is 4.74. The maximum absolute atomic E-state index is 11.6. The van der Waals surface area contributed by atoms with E-state index < -0.39 is 5.97 Å². The van der Waals surface area contributed by atoms with E-state index in [9.17, 15) is 9.59 Å². The predicted molar refractivity (Wildman–Crippen MR) is 72.1 cm³/mol. The Balaban J connectivity index is 1.84. The van der Waals surface area contributed by atoms with E-state index in [1.54, 1.807) is 22.9 Å². The Hall–Kier alpha value is -1.62. The second kappa shape index (κ2) is 6.52. The lowest BCUT2D eigenvalue weighted by Gasteiger charge is -2.32. The molecule has 1 saturated heterocycles. The minimum Gasteiger partial charge on any atom is -0.481 e. The lowest BCUT2D eigenvalue weighted by Crippen LogP contribution is -2.39. The van der Waals surface area contributed by atoms with Crippen LogP contribution >= 0.6 is 0 Å². The van der Waals surface area contributed by atoms with Gasteiger partial charge in [-0.2, -0.15) is 0 Å². The highest BCUT2D eigenvalue weighted by Crippen LogP contribution is 2.19. The largest absolute Gasteiger partial charge is 0.481 e. The van der Waals surface area contributed by atoms with Crippen LogP contribution in [0.4, 0.5) is 0 Å². The average Bonchev–Trinajstić information content (AvgIpc) is 2.37. The predicted octanol–water partition coefficient (Wildman–Crippen LogP) is 1.03. The normalized spacial score (nSPS) is 20.3. The fourth-order valence-corrected chi connectivity index (χ4v) is 2.66. The summed E-state index contributed by atoms with van der Waals surface area (Å²) in [4.78, 5) is 24.6. The maximum atomic E-state index is 11.6. The fraction of sp³-hybridized carbons (Fsp3) is 0.571. The van der Waals surface area contributed by atoms with Gasteiger partial charge in [0.15, 0.2) is 0 Å². The molecule has 0 amide bonds. The van der Waals surface area contributed by atoms with E-state index in [0.717, 1.165) is 32.5 Å². The molecule has 0 aromatic carbocycles. The molecule has 1 unspecified atom stereocenters. The zero-order valence-corrected chi connectivity index (χ0v) is 11.0. The Bertz CT molecular complexity index is 484. The molecule has 1 fully saturated rings. The van der Waals surface area contributed by atoms with E-state index in [1.807, 2.05) is 6.07 Å². The SMILES string of the molecule is O=C(O)CC1CCCN(CCn2ccccc2=O)C1.